The molecule has 4 nitrogen and oxygen atoms in total. The van der Waals surface area contributed by atoms with Gasteiger partial charge in [-0.3, -0.25) is 0 Å². The fraction of sp³-hybridized carbons (Fsp3) is 0.0164. The summed E-state index contributed by atoms with van der Waals surface area (Å²) in [6.45, 7) is 6.17. The second kappa shape index (κ2) is 18.4. The predicted octanol–water partition coefficient (Wildman–Crippen LogP) is 17.7. The first-order valence-electron chi connectivity index (χ1n) is 22.0. The Balaban J connectivity index is 1.09. The SMILES string of the molecule is C=Cc1ccc(N(c2ccc(N(c3ccccc3)c3ccccc3)cc2)c2cccc3c(N(c4ccc(C)cc4)c4ccc(N(c5ccccc5)c5ccccc5)cc4)cccc23)cc1. The average molecular weight is 837 g/mol. The first-order chi connectivity index (χ1) is 32.1. The molecule has 0 aliphatic heterocycles. The van der Waals surface area contributed by atoms with Gasteiger partial charge in [-0.15, -0.1) is 0 Å². The molecule has 0 bridgehead atoms. The third kappa shape index (κ3) is 8.37. The second-order valence-corrected chi connectivity index (χ2v) is 16.0. The number of para-hydroxylation sites is 4. The van der Waals surface area contributed by atoms with Crippen LogP contribution in [0.2, 0.25) is 0 Å². The van der Waals surface area contributed by atoms with E-state index in [2.05, 4.69) is 288 Å². The van der Waals surface area contributed by atoms with Crippen molar-refractivity contribution >= 4 is 85.1 Å². The molecule has 0 spiro atoms. The summed E-state index contributed by atoms with van der Waals surface area (Å²) in [6, 6.07) is 90.8. The summed E-state index contributed by atoms with van der Waals surface area (Å²) in [5.74, 6) is 0. The van der Waals surface area contributed by atoms with Crippen molar-refractivity contribution in [2.24, 2.45) is 0 Å². The molecule has 0 heterocycles. The summed E-state index contributed by atoms with van der Waals surface area (Å²) < 4.78 is 0. The van der Waals surface area contributed by atoms with Crippen molar-refractivity contribution in [2.45, 2.75) is 6.92 Å². The lowest BCUT2D eigenvalue weighted by Crippen LogP contribution is -2.14. The highest BCUT2D eigenvalue weighted by Crippen LogP contribution is 2.46. The Bertz CT molecular complexity index is 3060. The molecule has 10 aromatic rings. The fourth-order valence-corrected chi connectivity index (χ4v) is 8.68. The summed E-state index contributed by atoms with van der Waals surface area (Å²) in [6.07, 6.45) is 1.89. The minimum absolute atomic E-state index is 1.05. The number of hydrogen-bond donors (Lipinski definition) is 0. The van der Waals surface area contributed by atoms with E-state index in [1.807, 2.05) is 6.08 Å². The van der Waals surface area contributed by atoms with E-state index in [9.17, 15) is 0 Å². The van der Waals surface area contributed by atoms with Gasteiger partial charge in [0, 0.05) is 67.6 Å². The van der Waals surface area contributed by atoms with Crippen LogP contribution in [0, 0.1) is 6.92 Å². The Morgan fingerprint density at radius 2 is 0.523 bits per heavy atom. The van der Waals surface area contributed by atoms with Crippen LogP contribution in [0.5, 0.6) is 0 Å². The van der Waals surface area contributed by atoms with Crippen molar-refractivity contribution in [3.63, 3.8) is 0 Å². The van der Waals surface area contributed by atoms with Gasteiger partial charge in [0.15, 0.2) is 0 Å². The molecule has 0 aliphatic rings. The van der Waals surface area contributed by atoms with E-state index in [0.29, 0.717) is 0 Å². The Kier molecular flexibility index (Phi) is 11.5. The van der Waals surface area contributed by atoms with Gasteiger partial charge in [0.1, 0.15) is 0 Å². The number of fused-ring (bicyclic) bond motifs is 1. The molecule has 0 fully saturated rings. The number of anilines is 12. The fourth-order valence-electron chi connectivity index (χ4n) is 8.68. The van der Waals surface area contributed by atoms with Gasteiger partial charge in [-0.05, 0) is 146 Å². The Morgan fingerprint density at radius 3 is 0.831 bits per heavy atom. The number of benzene rings is 10. The first-order valence-corrected chi connectivity index (χ1v) is 22.0. The zero-order chi connectivity index (χ0) is 44.0. The molecule has 0 N–H and O–H groups in total. The standard InChI is InChI=1S/C61H48N4/c1-3-47-32-36-55(37-33-47)65(57-44-40-53(41-45-57)63(50-22-12-6-13-23-50)51-24-14-7-15-25-51)61-29-17-26-58-59(61)27-16-28-60(58)64(54-34-30-46(2)31-35-54)56-42-38-52(39-43-56)62(48-18-8-4-9-19-48)49-20-10-5-11-21-49/h3-45H,1H2,2H3. The van der Waals surface area contributed by atoms with Crippen LogP contribution in [0.4, 0.5) is 68.2 Å². The predicted molar refractivity (Wildman–Crippen MR) is 278 cm³/mol. The van der Waals surface area contributed by atoms with Crippen molar-refractivity contribution in [3.05, 3.63) is 272 Å². The molecule has 0 aliphatic carbocycles. The molecule has 65 heavy (non-hydrogen) atoms. The average Bonchev–Trinajstić information content (AvgIpc) is 3.37. The van der Waals surface area contributed by atoms with Crippen LogP contribution in [-0.4, -0.2) is 0 Å². The molecule has 0 amide bonds. The highest BCUT2D eigenvalue weighted by molar-refractivity contribution is 6.07. The lowest BCUT2D eigenvalue weighted by molar-refractivity contribution is 1.25. The summed E-state index contributed by atoms with van der Waals surface area (Å²) in [4.78, 5) is 9.34. The normalized spacial score (nSPS) is 10.9. The minimum Gasteiger partial charge on any atom is -0.311 e. The first kappa shape index (κ1) is 40.5. The molecule has 0 saturated heterocycles. The molecule has 4 heteroatoms. The molecular weight excluding hydrogens is 789 g/mol. The molecule has 0 saturated carbocycles. The number of nitrogens with zero attached hydrogens (tertiary/aromatic N) is 4. The van der Waals surface area contributed by atoms with E-state index in [1.165, 1.54) is 5.56 Å². The van der Waals surface area contributed by atoms with Crippen LogP contribution < -0.4 is 19.6 Å². The summed E-state index contributed by atoms with van der Waals surface area (Å²) in [5, 5.41) is 2.26. The third-order valence-corrected chi connectivity index (χ3v) is 11.8. The highest BCUT2D eigenvalue weighted by Gasteiger charge is 2.22. The van der Waals surface area contributed by atoms with Crippen molar-refractivity contribution < 1.29 is 0 Å². The maximum atomic E-state index is 4.04. The quantitative estimate of drug-likeness (QED) is 0.115. The highest BCUT2D eigenvalue weighted by atomic mass is 15.2. The van der Waals surface area contributed by atoms with E-state index in [4.69, 9.17) is 0 Å². The van der Waals surface area contributed by atoms with Crippen molar-refractivity contribution in [1.82, 2.24) is 0 Å². The van der Waals surface area contributed by atoms with E-state index >= 15 is 0 Å². The summed E-state index contributed by atoms with van der Waals surface area (Å²) in [5.41, 5.74) is 15.2. The molecule has 10 rings (SSSR count). The molecule has 0 atom stereocenters. The van der Waals surface area contributed by atoms with Crippen LogP contribution in [-0.2, 0) is 0 Å². The van der Waals surface area contributed by atoms with Crippen molar-refractivity contribution in [1.29, 1.82) is 0 Å². The van der Waals surface area contributed by atoms with Gasteiger partial charge in [-0.25, -0.2) is 0 Å². The van der Waals surface area contributed by atoms with E-state index in [-0.39, 0.29) is 0 Å². The van der Waals surface area contributed by atoms with Gasteiger partial charge in [-0.2, -0.15) is 0 Å². The lowest BCUT2D eigenvalue weighted by Gasteiger charge is -2.31. The Morgan fingerprint density at radius 1 is 0.262 bits per heavy atom. The molecule has 0 radical (unpaired) electrons. The Labute approximate surface area is 382 Å². The largest absolute Gasteiger partial charge is 0.311 e. The van der Waals surface area contributed by atoms with Crippen LogP contribution >= 0.6 is 0 Å². The van der Waals surface area contributed by atoms with Gasteiger partial charge in [0.2, 0.25) is 0 Å². The van der Waals surface area contributed by atoms with E-state index in [0.717, 1.165) is 84.6 Å². The minimum atomic E-state index is 1.05. The van der Waals surface area contributed by atoms with Crippen LogP contribution in [0.1, 0.15) is 11.1 Å². The van der Waals surface area contributed by atoms with Crippen molar-refractivity contribution in [3.8, 4) is 0 Å². The van der Waals surface area contributed by atoms with Crippen LogP contribution in [0.15, 0.2) is 261 Å². The molecule has 10 aromatic carbocycles. The maximum absolute atomic E-state index is 4.04. The van der Waals surface area contributed by atoms with Gasteiger partial charge in [0.25, 0.3) is 0 Å². The zero-order valence-electron chi connectivity index (χ0n) is 36.3. The number of aryl methyl sites for hydroxylation is 1. The van der Waals surface area contributed by atoms with Crippen molar-refractivity contribution in [2.75, 3.05) is 19.6 Å². The number of hydrogen-bond acceptors (Lipinski definition) is 4. The van der Waals surface area contributed by atoms with Gasteiger partial charge in [0.05, 0.1) is 11.4 Å². The van der Waals surface area contributed by atoms with Gasteiger partial charge in [-0.1, -0.05) is 140 Å². The summed E-state index contributed by atoms with van der Waals surface area (Å²) >= 11 is 0. The lowest BCUT2D eigenvalue weighted by atomic mass is 10.0. The van der Waals surface area contributed by atoms with Crippen LogP contribution in [0.25, 0.3) is 16.8 Å². The second-order valence-electron chi connectivity index (χ2n) is 16.0. The monoisotopic (exact) mass is 836 g/mol. The third-order valence-electron chi connectivity index (χ3n) is 11.8. The topological polar surface area (TPSA) is 13.0 Å². The molecular formula is C61H48N4. The smallest absolute Gasteiger partial charge is 0.0540 e. The molecule has 0 unspecified atom stereocenters. The van der Waals surface area contributed by atoms with E-state index in [1.54, 1.807) is 0 Å². The maximum Gasteiger partial charge on any atom is 0.0540 e. The molecule has 0 aromatic heterocycles. The molecule has 312 valence electrons. The summed E-state index contributed by atoms with van der Waals surface area (Å²) in [7, 11) is 0. The number of rotatable bonds is 13. The van der Waals surface area contributed by atoms with E-state index < -0.39 is 0 Å². The Hall–Kier alpha value is -8.60. The van der Waals surface area contributed by atoms with Gasteiger partial charge < -0.3 is 19.6 Å². The van der Waals surface area contributed by atoms with Gasteiger partial charge >= 0.3 is 0 Å². The zero-order valence-corrected chi connectivity index (χ0v) is 36.3. The van der Waals surface area contributed by atoms with Crippen LogP contribution in [0.3, 0.4) is 0 Å².